The van der Waals surface area contributed by atoms with Gasteiger partial charge in [-0.1, -0.05) is 106 Å². The van der Waals surface area contributed by atoms with Crippen molar-refractivity contribution in [3.8, 4) is 0 Å². The summed E-state index contributed by atoms with van der Waals surface area (Å²) < 4.78 is 16.8. The molecule has 3 rings (SSSR count). The quantitative estimate of drug-likeness (QED) is 0.285. The Hall–Kier alpha value is -3.80. The monoisotopic (exact) mass is 537 g/mol. The van der Waals surface area contributed by atoms with Gasteiger partial charge in [0.1, 0.15) is 13.2 Å². The number of ether oxygens (including phenoxy) is 2. The van der Waals surface area contributed by atoms with E-state index in [1.807, 2.05) is 60.7 Å². The minimum atomic E-state index is -0.285. The first-order valence-corrected chi connectivity index (χ1v) is 13.1. The maximum atomic E-state index is 12.0. The minimum Gasteiger partial charge on any atom is -0.445 e. The molecule has 0 atom stereocenters. The topological polar surface area (TPSA) is 59.1 Å². The summed E-state index contributed by atoms with van der Waals surface area (Å²) in [5.74, 6) is 0. The Kier molecular flexibility index (Phi) is 19.9. The van der Waals surface area contributed by atoms with Crippen LogP contribution in [0.4, 0.5) is 9.59 Å². The van der Waals surface area contributed by atoms with Gasteiger partial charge in [-0.15, -0.1) is 13.2 Å². The fourth-order valence-corrected chi connectivity index (χ4v) is 3.40. The molecule has 39 heavy (non-hydrogen) atoms. The molecule has 0 bridgehead atoms. The lowest BCUT2D eigenvalue weighted by Gasteiger charge is -2.21. The first kappa shape index (κ1) is 33.2. The molecule has 0 fully saturated rings. The fourth-order valence-electron chi connectivity index (χ4n) is 3.40. The van der Waals surface area contributed by atoms with Crippen molar-refractivity contribution in [2.75, 3.05) is 26.2 Å². The van der Waals surface area contributed by atoms with Gasteiger partial charge in [0, 0.05) is 27.5 Å². The van der Waals surface area contributed by atoms with E-state index in [-0.39, 0.29) is 19.6 Å². The van der Waals surface area contributed by atoms with Crippen molar-refractivity contribution in [2.24, 2.45) is 0 Å². The van der Waals surface area contributed by atoms with Gasteiger partial charge in [-0.05, 0) is 36.8 Å². The molecule has 0 radical (unpaired) electrons. The third-order valence-corrected chi connectivity index (χ3v) is 5.43. The van der Waals surface area contributed by atoms with Gasteiger partial charge in [-0.25, -0.2) is 9.59 Å². The van der Waals surface area contributed by atoms with Gasteiger partial charge in [0.25, 0.3) is 0 Å². The van der Waals surface area contributed by atoms with Crippen molar-refractivity contribution in [1.29, 1.82) is 0 Å². The SMILES string of the molecule is C.C=CCCN(CCC=C)C(=O)OCc1ccccc1.O=C(OCc1ccccc1)N1CCC=CCC1.[2H]CC. The number of hydrogen-bond acceptors (Lipinski definition) is 4. The molecule has 0 saturated heterocycles. The van der Waals surface area contributed by atoms with Gasteiger partial charge < -0.3 is 19.3 Å². The summed E-state index contributed by atoms with van der Waals surface area (Å²) in [4.78, 5) is 27.2. The molecule has 6 heteroatoms. The number of rotatable bonds is 10. The van der Waals surface area contributed by atoms with Crippen LogP contribution in [-0.4, -0.2) is 48.2 Å². The van der Waals surface area contributed by atoms with Gasteiger partial charge in [-0.3, -0.25) is 0 Å². The predicted molar refractivity (Wildman–Crippen MR) is 162 cm³/mol. The van der Waals surface area contributed by atoms with E-state index < -0.39 is 0 Å². The summed E-state index contributed by atoms with van der Waals surface area (Å²) in [6, 6.07) is 19.4. The first-order valence-electron chi connectivity index (χ1n) is 13.8. The summed E-state index contributed by atoms with van der Waals surface area (Å²) in [5.41, 5.74) is 2.01. The van der Waals surface area contributed by atoms with E-state index >= 15 is 0 Å². The lowest BCUT2D eigenvalue weighted by Crippen LogP contribution is -2.33. The van der Waals surface area contributed by atoms with E-state index in [0.29, 0.717) is 33.2 Å². The average Bonchev–Trinajstić information content (AvgIpc) is 3.27. The maximum absolute atomic E-state index is 12.0. The molecule has 0 aliphatic carbocycles. The highest BCUT2D eigenvalue weighted by atomic mass is 16.6. The highest BCUT2D eigenvalue weighted by Crippen LogP contribution is 2.08. The van der Waals surface area contributed by atoms with E-state index in [4.69, 9.17) is 10.8 Å². The number of nitrogens with zero attached hydrogens (tertiary/aromatic N) is 2. The summed E-state index contributed by atoms with van der Waals surface area (Å²) in [7, 11) is 0. The highest BCUT2D eigenvalue weighted by molar-refractivity contribution is 5.68. The predicted octanol–water partition coefficient (Wildman–Crippen LogP) is 8.41. The summed E-state index contributed by atoms with van der Waals surface area (Å²) in [6.07, 6.45) is 10.7. The first-order chi connectivity index (χ1) is 19.0. The highest BCUT2D eigenvalue weighted by Gasteiger charge is 2.15. The van der Waals surface area contributed by atoms with Crippen LogP contribution in [0.1, 0.15) is 59.4 Å². The van der Waals surface area contributed by atoms with Crippen LogP contribution in [0.2, 0.25) is 0 Å². The van der Waals surface area contributed by atoms with Gasteiger partial charge in [0.15, 0.2) is 0 Å². The minimum absolute atomic E-state index is 0. The molecule has 0 aromatic heterocycles. The molecule has 0 N–H and O–H groups in total. The molecule has 2 aromatic carbocycles. The fraction of sp³-hybridized carbons (Fsp3) is 0.394. The molecule has 214 valence electrons. The largest absolute Gasteiger partial charge is 0.445 e. The van der Waals surface area contributed by atoms with E-state index in [9.17, 15) is 9.59 Å². The lowest BCUT2D eigenvalue weighted by molar-refractivity contribution is 0.0969. The number of carbonyl (C=O) groups is 2. The van der Waals surface area contributed by atoms with Crippen LogP contribution in [0.5, 0.6) is 0 Å². The third-order valence-electron chi connectivity index (χ3n) is 5.43. The van der Waals surface area contributed by atoms with Crippen LogP contribution in [0.3, 0.4) is 0 Å². The molecule has 1 aliphatic heterocycles. The van der Waals surface area contributed by atoms with Crippen LogP contribution < -0.4 is 0 Å². The molecule has 0 saturated carbocycles. The number of amides is 2. The molecule has 1 heterocycles. The lowest BCUT2D eigenvalue weighted by atomic mass is 10.2. The second-order valence-corrected chi connectivity index (χ2v) is 8.26. The van der Waals surface area contributed by atoms with Crippen molar-refractivity contribution >= 4 is 12.2 Å². The van der Waals surface area contributed by atoms with Gasteiger partial charge >= 0.3 is 12.2 Å². The Morgan fingerprint density at radius 3 is 1.74 bits per heavy atom. The van der Waals surface area contributed by atoms with Crippen molar-refractivity contribution in [1.82, 2.24) is 9.80 Å². The van der Waals surface area contributed by atoms with Crippen molar-refractivity contribution < 1.29 is 20.4 Å². The molecule has 0 unspecified atom stereocenters. The molecule has 0 spiro atoms. The smallest absolute Gasteiger partial charge is 0.410 e. The van der Waals surface area contributed by atoms with Crippen LogP contribution in [-0.2, 0) is 22.7 Å². The molecule has 2 aromatic rings. The standard InChI is InChI=1S/C16H21NO2.C14H17NO2.C2H6.CH4/c1-3-5-12-17(13-6-4-2)16(18)19-14-15-10-8-7-9-11-15;16-14(15-10-6-1-2-7-11-15)17-12-13-8-4-3-5-9-13;1-2;/h3-4,7-11H,1-2,5-6,12-14H2;1-5,8-9H,6-7,10-12H2;1-2H3;1H4/i;;1D;. The molecular weight excluding hydrogens is 488 g/mol. The third kappa shape index (κ3) is 15.9. The molecule has 1 aliphatic rings. The number of benzene rings is 2. The van der Waals surface area contributed by atoms with Crippen molar-refractivity contribution in [3.63, 3.8) is 0 Å². The van der Waals surface area contributed by atoms with E-state index in [2.05, 4.69) is 25.3 Å². The number of hydrogen-bond donors (Lipinski definition) is 0. The Bertz CT molecular complexity index is 945. The average molecular weight is 538 g/mol. The second kappa shape index (κ2) is 23.3. The molecule has 6 nitrogen and oxygen atoms in total. The Morgan fingerprint density at radius 1 is 0.872 bits per heavy atom. The Balaban J connectivity index is 0.000000679. The van der Waals surface area contributed by atoms with Crippen molar-refractivity contribution in [2.45, 2.75) is 60.1 Å². The van der Waals surface area contributed by atoms with E-state index in [1.165, 1.54) is 0 Å². The Labute approximate surface area is 238 Å². The zero-order chi connectivity index (χ0) is 28.6. The zero-order valence-electron chi connectivity index (χ0n) is 23.8. The number of carbonyl (C=O) groups excluding carboxylic acids is 2. The van der Waals surface area contributed by atoms with E-state index in [1.54, 1.807) is 28.9 Å². The molecular formula is C33H48N2O4. The van der Waals surface area contributed by atoms with Gasteiger partial charge in [0.05, 0.1) is 0 Å². The van der Waals surface area contributed by atoms with Gasteiger partial charge in [-0.2, -0.15) is 0 Å². The zero-order valence-corrected chi connectivity index (χ0v) is 22.8. The Morgan fingerprint density at radius 2 is 1.31 bits per heavy atom. The normalized spacial score (nSPS) is 11.9. The maximum Gasteiger partial charge on any atom is 0.410 e. The summed E-state index contributed by atoms with van der Waals surface area (Å²) in [5, 5.41) is 0. The van der Waals surface area contributed by atoms with Gasteiger partial charge in [0.2, 0.25) is 0 Å². The summed E-state index contributed by atoms with van der Waals surface area (Å²) in [6.45, 7) is 13.0. The molecule has 2 amide bonds. The van der Waals surface area contributed by atoms with E-state index in [0.717, 1.165) is 49.9 Å². The van der Waals surface area contributed by atoms with Crippen LogP contribution in [0.15, 0.2) is 98.1 Å². The van der Waals surface area contributed by atoms with Crippen LogP contribution in [0.25, 0.3) is 0 Å². The van der Waals surface area contributed by atoms with Crippen molar-refractivity contribution in [3.05, 3.63) is 109 Å². The second-order valence-electron chi connectivity index (χ2n) is 8.26. The van der Waals surface area contributed by atoms with Crippen LogP contribution in [0, 0.1) is 0 Å². The van der Waals surface area contributed by atoms with Crippen LogP contribution >= 0.6 is 0 Å². The summed E-state index contributed by atoms with van der Waals surface area (Å²) >= 11 is 0.